The third-order valence-corrected chi connectivity index (χ3v) is 1.87. The average molecular weight is 177 g/mol. The monoisotopic (exact) mass is 177 g/mol. The lowest BCUT2D eigenvalue weighted by atomic mass is 10.2. The van der Waals surface area contributed by atoms with Gasteiger partial charge in [0.2, 0.25) is 0 Å². The zero-order valence-corrected chi connectivity index (χ0v) is 7.12. The smallest absolute Gasteiger partial charge is 0.149 e. The maximum atomic E-state index is 13.1. The Kier molecular flexibility index (Phi) is 1.85. The van der Waals surface area contributed by atoms with Gasteiger partial charge in [-0.05, 0) is 12.1 Å². The SMILES string of the molecule is COc1cnc2c(F)cccc2c1. The fourth-order valence-electron chi connectivity index (χ4n) is 1.22. The first-order chi connectivity index (χ1) is 6.31. The molecule has 0 saturated heterocycles. The minimum absolute atomic E-state index is 0.305. The molecule has 3 heteroatoms. The van der Waals surface area contributed by atoms with E-state index in [2.05, 4.69) is 4.98 Å². The normalized spacial score (nSPS) is 10.3. The number of halogens is 1. The summed E-state index contributed by atoms with van der Waals surface area (Å²) in [5.74, 6) is 0.332. The molecule has 0 fully saturated rings. The average Bonchev–Trinajstić information content (AvgIpc) is 2.18. The molecule has 13 heavy (non-hydrogen) atoms. The Hall–Kier alpha value is -1.64. The molecule has 0 aliphatic carbocycles. The Morgan fingerprint density at radius 2 is 2.23 bits per heavy atom. The summed E-state index contributed by atoms with van der Waals surface area (Å²) in [5.41, 5.74) is 0.378. The first-order valence-electron chi connectivity index (χ1n) is 3.89. The second kappa shape index (κ2) is 3.01. The number of hydrogen-bond donors (Lipinski definition) is 0. The van der Waals surface area contributed by atoms with Gasteiger partial charge in [0.15, 0.2) is 0 Å². The van der Waals surface area contributed by atoms with Crippen LogP contribution < -0.4 is 4.74 Å². The van der Waals surface area contributed by atoms with Crippen LogP contribution in [0.2, 0.25) is 0 Å². The molecule has 66 valence electrons. The van der Waals surface area contributed by atoms with Crippen LogP contribution in [-0.4, -0.2) is 12.1 Å². The topological polar surface area (TPSA) is 22.1 Å². The van der Waals surface area contributed by atoms with Crippen LogP contribution in [0.4, 0.5) is 4.39 Å². The Labute approximate surface area is 75.0 Å². The van der Waals surface area contributed by atoms with E-state index in [1.165, 1.54) is 12.3 Å². The van der Waals surface area contributed by atoms with E-state index >= 15 is 0 Å². The van der Waals surface area contributed by atoms with Crippen LogP contribution in [-0.2, 0) is 0 Å². The minimum atomic E-state index is -0.305. The lowest BCUT2D eigenvalue weighted by Gasteiger charge is -2.01. The Bertz CT molecular complexity index is 442. The van der Waals surface area contributed by atoms with Gasteiger partial charge in [0.1, 0.15) is 17.1 Å². The molecule has 0 atom stereocenters. The fourth-order valence-corrected chi connectivity index (χ4v) is 1.22. The van der Waals surface area contributed by atoms with Gasteiger partial charge in [-0.3, -0.25) is 0 Å². The van der Waals surface area contributed by atoms with E-state index in [1.807, 2.05) is 0 Å². The van der Waals surface area contributed by atoms with Crippen LogP contribution in [0.3, 0.4) is 0 Å². The lowest BCUT2D eigenvalue weighted by Crippen LogP contribution is -1.87. The number of hydrogen-bond acceptors (Lipinski definition) is 2. The molecule has 2 rings (SSSR count). The van der Waals surface area contributed by atoms with Crippen molar-refractivity contribution < 1.29 is 9.13 Å². The van der Waals surface area contributed by atoms with Crippen molar-refractivity contribution in [2.24, 2.45) is 0 Å². The third-order valence-electron chi connectivity index (χ3n) is 1.87. The van der Waals surface area contributed by atoms with Crippen LogP contribution >= 0.6 is 0 Å². The summed E-state index contributed by atoms with van der Waals surface area (Å²) in [6, 6.07) is 6.60. The maximum absolute atomic E-state index is 13.1. The number of benzene rings is 1. The molecule has 0 amide bonds. The van der Waals surface area contributed by atoms with Gasteiger partial charge in [-0.25, -0.2) is 9.37 Å². The molecule has 1 aromatic heterocycles. The predicted molar refractivity (Wildman–Crippen MR) is 48.3 cm³/mol. The van der Waals surface area contributed by atoms with Crippen molar-refractivity contribution in [2.75, 3.05) is 7.11 Å². The highest BCUT2D eigenvalue weighted by Gasteiger charge is 2.01. The summed E-state index contributed by atoms with van der Waals surface area (Å²) in [5, 5.41) is 0.749. The molecule has 1 heterocycles. The van der Waals surface area contributed by atoms with Crippen molar-refractivity contribution in [2.45, 2.75) is 0 Å². The molecule has 1 aromatic carbocycles. The van der Waals surface area contributed by atoms with Crippen LogP contribution in [0.1, 0.15) is 0 Å². The second-order valence-corrected chi connectivity index (χ2v) is 2.69. The van der Waals surface area contributed by atoms with Gasteiger partial charge >= 0.3 is 0 Å². The first kappa shape index (κ1) is 7.98. The van der Waals surface area contributed by atoms with E-state index in [-0.39, 0.29) is 5.82 Å². The zero-order valence-electron chi connectivity index (χ0n) is 7.12. The van der Waals surface area contributed by atoms with E-state index in [0.717, 1.165) is 5.39 Å². The summed E-state index contributed by atoms with van der Waals surface area (Å²) in [7, 11) is 1.56. The fraction of sp³-hybridized carbons (Fsp3) is 0.100. The van der Waals surface area contributed by atoms with Crippen molar-refractivity contribution >= 4 is 10.9 Å². The molecule has 2 aromatic rings. The highest BCUT2D eigenvalue weighted by atomic mass is 19.1. The number of aromatic nitrogens is 1. The standard InChI is InChI=1S/C10H8FNO/c1-13-8-5-7-3-2-4-9(11)10(7)12-6-8/h2-6H,1H3. The minimum Gasteiger partial charge on any atom is -0.495 e. The quantitative estimate of drug-likeness (QED) is 0.667. The van der Waals surface area contributed by atoms with Gasteiger partial charge in [0, 0.05) is 5.39 Å². The van der Waals surface area contributed by atoms with E-state index < -0.39 is 0 Å². The molecular formula is C10H8FNO. The van der Waals surface area contributed by atoms with Gasteiger partial charge in [0.05, 0.1) is 13.3 Å². The summed E-state index contributed by atoms with van der Waals surface area (Å²) < 4.78 is 18.1. The molecule has 0 aliphatic heterocycles. The number of nitrogens with zero attached hydrogens (tertiary/aromatic N) is 1. The molecule has 0 N–H and O–H groups in total. The van der Waals surface area contributed by atoms with E-state index in [4.69, 9.17) is 4.74 Å². The van der Waals surface area contributed by atoms with Crippen LogP contribution in [0, 0.1) is 5.82 Å². The molecule has 0 saturated carbocycles. The lowest BCUT2D eigenvalue weighted by molar-refractivity contribution is 0.413. The Morgan fingerprint density at radius 1 is 1.38 bits per heavy atom. The zero-order chi connectivity index (χ0) is 9.26. The van der Waals surface area contributed by atoms with Gasteiger partial charge in [-0.2, -0.15) is 0 Å². The van der Waals surface area contributed by atoms with Crippen molar-refractivity contribution in [3.63, 3.8) is 0 Å². The second-order valence-electron chi connectivity index (χ2n) is 2.69. The maximum Gasteiger partial charge on any atom is 0.149 e. The summed E-state index contributed by atoms with van der Waals surface area (Å²) in [6.45, 7) is 0. The van der Waals surface area contributed by atoms with Crippen molar-refractivity contribution in [1.82, 2.24) is 4.98 Å². The van der Waals surface area contributed by atoms with Gasteiger partial charge < -0.3 is 4.74 Å². The largest absolute Gasteiger partial charge is 0.495 e. The van der Waals surface area contributed by atoms with Crippen molar-refractivity contribution in [3.8, 4) is 5.75 Å². The number of methoxy groups -OCH3 is 1. The van der Waals surface area contributed by atoms with E-state index in [1.54, 1.807) is 25.3 Å². The summed E-state index contributed by atoms with van der Waals surface area (Å²) >= 11 is 0. The van der Waals surface area contributed by atoms with Gasteiger partial charge in [-0.1, -0.05) is 12.1 Å². The Balaban J connectivity index is 2.72. The molecular weight excluding hydrogens is 169 g/mol. The first-order valence-corrected chi connectivity index (χ1v) is 3.89. The van der Waals surface area contributed by atoms with Crippen LogP contribution in [0.15, 0.2) is 30.5 Å². The van der Waals surface area contributed by atoms with Gasteiger partial charge in [0.25, 0.3) is 0 Å². The predicted octanol–water partition coefficient (Wildman–Crippen LogP) is 2.38. The number of ether oxygens (including phenoxy) is 1. The van der Waals surface area contributed by atoms with Gasteiger partial charge in [-0.15, -0.1) is 0 Å². The van der Waals surface area contributed by atoms with E-state index in [9.17, 15) is 4.39 Å². The molecule has 0 radical (unpaired) electrons. The molecule has 0 bridgehead atoms. The number of fused-ring (bicyclic) bond motifs is 1. The molecule has 2 nitrogen and oxygen atoms in total. The number of para-hydroxylation sites is 1. The number of rotatable bonds is 1. The highest BCUT2D eigenvalue weighted by Crippen LogP contribution is 2.19. The van der Waals surface area contributed by atoms with E-state index in [0.29, 0.717) is 11.3 Å². The summed E-state index contributed by atoms with van der Waals surface area (Å²) in [4.78, 5) is 3.95. The third kappa shape index (κ3) is 1.33. The molecule has 0 unspecified atom stereocenters. The molecule has 0 spiro atoms. The van der Waals surface area contributed by atoms with Crippen LogP contribution in [0.5, 0.6) is 5.75 Å². The van der Waals surface area contributed by atoms with Crippen molar-refractivity contribution in [1.29, 1.82) is 0 Å². The molecule has 0 aliphatic rings. The van der Waals surface area contributed by atoms with Crippen LogP contribution in [0.25, 0.3) is 10.9 Å². The highest BCUT2D eigenvalue weighted by molar-refractivity contribution is 5.80. The van der Waals surface area contributed by atoms with Crippen molar-refractivity contribution in [3.05, 3.63) is 36.3 Å². The Morgan fingerprint density at radius 3 is 3.00 bits per heavy atom. The number of pyridine rings is 1. The summed E-state index contributed by atoms with van der Waals surface area (Å²) in [6.07, 6.45) is 1.51.